The minimum absolute atomic E-state index is 0.0506. The number of rotatable bonds is 6. The minimum atomic E-state index is -0.960. The van der Waals surface area contributed by atoms with Gasteiger partial charge in [-0.05, 0) is 31.2 Å². The number of aliphatic carboxylic acids is 1. The van der Waals surface area contributed by atoms with E-state index in [0.29, 0.717) is 6.42 Å². The van der Waals surface area contributed by atoms with Crippen LogP contribution in [0.15, 0.2) is 42.5 Å². The van der Waals surface area contributed by atoms with Crippen molar-refractivity contribution in [1.29, 1.82) is 0 Å². The summed E-state index contributed by atoms with van der Waals surface area (Å²) >= 11 is 0. The van der Waals surface area contributed by atoms with Gasteiger partial charge in [0.15, 0.2) is 0 Å². The number of carbonyl (C=O) groups excluding carboxylic acids is 1. The number of likely N-dealkylation sites (tertiary alicyclic amines) is 1. The van der Waals surface area contributed by atoms with Crippen LogP contribution < -0.4 is 0 Å². The molecule has 112 valence electrons. The SMILES string of the molecule is O=C(O)C=C[C@@H]1CCCN1C(=O)CCCc1ccccc1. The van der Waals surface area contributed by atoms with Gasteiger partial charge in [-0.15, -0.1) is 0 Å². The zero-order valence-electron chi connectivity index (χ0n) is 12.1. The smallest absolute Gasteiger partial charge is 0.328 e. The summed E-state index contributed by atoms with van der Waals surface area (Å²) in [6.07, 6.45) is 6.81. The van der Waals surface area contributed by atoms with Crippen LogP contribution in [0.1, 0.15) is 31.2 Å². The van der Waals surface area contributed by atoms with Crippen LogP contribution in [0.25, 0.3) is 0 Å². The van der Waals surface area contributed by atoms with E-state index in [1.54, 1.807) is 6.08 Å². The monoisotopic (exact) mass is 287 g/mol. The number of benzene rings is 1. The Hall–Kier alpha value is -2.10. The molecule has 1 heterocycles. The van der Waals surface area contributed by atoms with Crippen molar-refractivity contribution in [2.24, 2.45) is 0 Å². The molecule has 1 amide bonds. The molecule has 1 N–H and O–H groups in total. The number of aryl methyl sites for hydroxylation is 1. The van der Waals surface area contributed by atoms with Gasteiger partial charge in [0, 0.05) is 19.0 Å². The minimum Gasteiger partial charge on any atom is -0.478 e. The molecule has 1 aliphatic heterocycles. The van der Waals surface area contributed by atoms with Gasteiger partial charge in [0.1, 0.15) is 0 Å². The first-order chi connectivity index (χ1) is 10.2. The summed E-state index contributed by atoms with van der Waals surface area (Å²) in [7, 11) is 0. The maximum atomic E-state index is 12.2. The highest BCUT2D eigenvalue weighted by atomic mass is 16.4. The van der Waals surface area contributed by atoms with E-state index in [9.17, 15) is 9.59 Å². The number of amides is 1. The summed E-state index contributed by atoms with van der Waals surface area (Å²) in [5, 5.41) is 8.68. The molecule has 2 rings (SSSR count). The molecule has 0 bridgehead atoms. The third-order valence-electron chi connectivity index (χ3n) is 3.78. The lowest BCUT2D eigenvalue weighted by Gasteiger charge is -2.22. The van der Waals surface area contributed by atoms with Gasteiger partial charge < -0.3 is 10.0 Å². The molecule has 1 aromatic rings. The molecule has 4 nitrogen and oxygen atoms in total. The van der Waals surface area contributed by atoms with Gasteiger partial charge in [-0.1, -0.05) is 36.4 Å². The average molecular weight is 287 g/mol. The molecule has 0 aromatic heterocycles. The fourth-order valence-corrected chi connectivity index (χ4v) is 2.73. The Labute approximate surface area is 125 Å². The highest BCUT2D eigenvalue weighted by molar-refractivity contribution is 5.80. The lowest BCUT2D eigenvalue weighted by molar-refractivity contribution is -0.133. The Bertz CT molecular complexity index is 510. The summed E-state index contributed by atoms with van der Waals surface area (Å²) in [4.78, 5) is 24.6. The molecule has 0 radical (unpaired) electrons. The van der Waals surface area contributed by atoms with Gasteiger partial charge in [0.2, 0.25) is 5.91 Å². The van der Waals surface area contributed by atoms with E-state index in [0.717, 1.165) is 38.3 Å². The van der Waals surface area contributed by atoms with Gasteiger partial charge in [0.05, 0.1) is 6.04 Å². The molecule has 0 unspecified atom stereocenters. The predicted molar refractivity (Wildman–Crippen MR) is 80.9 cm³/mol. The molecule has 1 aromatic carbocycles. The van der Waals surface area contributed by atoms with Crippen LogP contribution in [0.5, 0.6) is 0 Å². The summed E-state index contributed by atoms with van der Waals surface area (Å²) in [6, 6.07) is 10.1. The zero-order valence-corrected chi connectivity index (χ0v) is 12.1. The first-order valence-electron chi connectivity index (χ1n) is 7.41. The van der Waals surface area contributed by atoms with Crippen molar-refractivity contribution < 1.29 is 14.7 Å². The van der Waals surface area contributed by atoms with Crippen molar-refractivity contribution in [1.82, 2.24) is 4.90 Å². The van der Waals surface area contributed by atoms with Gasteiger partial charge in [-0.2, -0.15) is 0 Å². The molecule has 0 saturated carbocycles. The first kappa shape index (κ1) is 15.3. The second-order valence-corrected chi connectivity index (χ2v) is 5.33. The molecular weight excluding hydrogens is 266 g/mol. The lowest BCUT2D eigenvalue weighted by Crippen LogP contribution is -2.34. The number of hydrogen-bond donors (Lipinski definition) is 1. The number of hydrogen-bond acceptors (Lipinski definition) is 2. The molecule has 1 atom stereocenters. The number of nitrogens with zero attached hydrogens (tertiary/aromatic N) is 1. The fourth-order valence-electron chi connectivity index (χ4n) is 2.73. The summed E-state index contributed by atoms with van der Waals surface area (Å²) in [5.41, 5.74) is 1.24. The highest BCUT2D eigenvalue weighted by Gasteiger charge is 2.26. The average Bonchev–Trinajstić information content (AvgIpc) is 2.94. The summed E-state index contributed by atoms with van der Waals surface area (Å²) in [5.74, 6) is -0.832. The zero-order chi connectivity index (χ0) is 15.1. The van der Waals surface area contributed by atoms with E-state index in [-0.39, 0.29) is 11.9 Å². The molecular formula is C17H21NO3. The normalized spacial score (nSPS) is 18.3. The second-order valence-electron chi connectivity index (χ2n) is 5.33. The van der Waals surface area contributed by atoms with E-state index >= 15 is 0 Å². The van der Waals surface area contributed by atoms with Crippen LogP contribution in [0.2, 0.25) is 0 Å². The van der Waals surface area contributed by atoms with Crippen LogP contribution >= 0.6 is 0 Å². The third-order valence-corrected chi connectivity index (χ3v) is 3.78. The predicted octanol–water partition coefficient (Wildman–Crippen LogP) is 2.64. The summed E-state index contributed by atoms with van der Waals surface area (Å²) < 4.78 is 0. The Balaban J connectivity index is 1.80. The van der Waals surface area contributed by atoms with Crippen LogP contribution in [-0.2, 0) is 16.0 Å². The molecule has 1 saturated heterocycles. The van der Waals surface area contributed by atoms with E-state index in [1.165, 1.54) is 5.56 Å². The van der Waals surface area contributed by atoms with Crippen LogP contribution in [0, 0.1) is 0 Å². The Kier molecular flexibility index (Phi) is 5.55. The second kappa shape index (κ2) is 7.62. The van der Waals surface area contributed by atoms with Crippen molar-refractivity contribution in [3.05, 3.63) is 48.0 Å². The third kappa shape index (κ3) is 4.74. The molecule has 1 fully saturated rings. The Morgan fingerprint density at radius 2 is 2.05 bits per heavy atom. The van der Waals surface area contributed by atoms with E-state index in [1.807, 2.05) is 23.1 Å². The maximum Gasteiger partial charge on any atom is 0.328 e. The Morgan fingerprint density at radius 3 is 2.76 bits per heavy atom. The number of carboxylic acid groups (broad SMARTS) is 1. The van der Waals surface area contributed by atoms with Crippen molar-refractivity contribution in [2.45, 2.75) is 38.1 Å². The fraction of sp³-hybridized carbons (Fsp3) is 0.412. The topological polar surface area (TPSA) is 57.6 Å². The largest absolute Gasteiger partial charge is 0.478 e. The van der Waals surface area contributed by atoms with Gasteiger partial charge >= 0.3 is 5.97 Å². The Morgan fingerprint density at radius 1 is 1.29 bits per heavy atom. The number of carboxylic acids is 1. The van der Waals surface area contributed by atoms with Crippen molar-refractivity contribution in [2.75, 3.05) is 6.54 Å². The standard InChI is InChI=1S/C17H21NO3/c19-16(10-4-8-14-6-2-1-3-7-14)18-13-5-9-15(18)11-12-17(20)21/h1-3,6-7,11-12,15H,4-5,8-10,13H2,(H,20,21)/t15-/m0/s1. The van der Waals surface area contributed by atoms with Crippen molar-refractivity contribution in [3.8, 4) is 0 Å². The molecule has 0 spiro atoms. The van der Waals surface area contributed by atoms with Crippen molar-refractivity contribution >= 4 is 11.9 Å². The number of carbonyl (C=O) groups is 2. The van der Waals surface area contributed by atoms with E-state index < -0.39 is 5.97 Å². The van der Waals surface area contributed by atoms with E-state index in [2.05, 4.69) is 12.1 Å². The van der Waals surface area contributed by atoms with Crippen LogP contribution in [0.3, 0.4) is 0 Å². The molecule has 1 aliphatic rings. The molecule has 21 heavy (non-hydrogen) atoms. The van der Waals surface area contributed by atoms with Gasteiger partial charge in [-0.3, -0.25) is 4.79 Å². The molecule has 4 heteroatoms. The van der Waals surface area contributed by atoms with Crippen LogP contribution in [-0.4, -0.2) is 34.5 Å². The van der Waals surface area contributed by atoms with Gasteiger partial charge in [-0.25, -0.2) is 4.79 Å². The first-order valence-corrected chi connectivity index (χ1v) is 7.41. The highest BCUT2D eigenvalue weighted by Crippen LogP contribution is 2.20. The molecule has 0 aliphatic carbocycles. The maximum absolute atomic E-state index is 12.2. The van der Waals surface area contributed by atoms with Crippen LogP contribution in [0.4, 0.5) is 0 Å². The lowest BCUT2D eigenvalue weighted by atomic mass is 10.1. The van der Waals surface area contributed by atoms with Gasteiger partial charge in [0.25, 0.3) is 0 Å². The summed E-state index contributed by atoms with van der Waals surface area (Å²) in [6.45, 7) is 0.735. The van der Waals surface area contributed by atoms with Crippen molar-refractivity contribution in [3.63, 3.8) is 0 Å². The van der Waals surface area contributed by atoms with E-state index in [4.69, 9.17) is 5.11 Å². The quantitative estimate of drug-likeness (QED) is 0.818.